The number of hydrogen-bond acceptors (Lipinski definition) is 1. The number of hydrogen-bond donors (Lipinski definition) is 1. The molecule has 1 atom stereocenters. The molecule has 0 aliphatic carbocycles. The number of rotatable bonds is 3. The van der Waals surface area contributed by atoms with E-state index in [9.17, 15) is 4.39 Å². The Labute approximate surface area is 109 Å². The van der Waals surface area contributed by atoms with E-state index in [1.165, 1.54) is 6.07 Å². The van der Waals surface area contributed by atoms with E-state index in [0.717, 1.165) is 9.14 Å². The van der Waals surface area contributed by atoms with Crippen molar-refractivity contribution in [3.63, 3.8) is 0 Å². The normalized spacial score (nSPS) is 11.7. The summed E-state index contributed by atoms with van der Waals surface area (Å²) in [5, 5.41) is 0. The summed E-state index contributed by atoms with van der Waals surface area (Å²) in [6.07, 6.45) is 0.622. The Balaban J connectivity index is 0.00000196. The zero-order valence-corrected chi connectivity index (χ0v) is 11.4. The van der Waals surface area contributed by atoms with E-state index in [1.54, 1.807) is 12.1 Å². The molecule has 1 aromatic rings. The Kier molecular flexibility index (Phi) is 6.40. The van der Waals surface area contributed by atoms with E-state index in [1.807, 2.05) is 6.92 Å². The summed E-state index contributed by atoms with van der Waals surface area (Å²) in [5.74, 6) is -0.237. The fraction of sp³-hybridized carbons (Fsp3) is 0.273. The van der Waals surface area contributed by atoms with Crippen LogP contribution in [0.2, 0.25) is 0 Å². The minimum absolute atomic E-state index is 0. The predicted octanol–water partition coefficient (Wildman–Crippen LogP) is 3.82. The van der Waals surface area contributed by atoms with Gasteiger partial charge in [-0.15, -0.1) is 19.0 Å². The van der Waals surface area contributed by atoms with Gasteiger partial charge in [0.25, 0.3) is 0 Å². The fourth-order valence-corrected chi connectivity index (χ4v) is 1.80. The molecule has 0 spiro atoms. The van der Waals surface area contributed by atoms with Crippen molar-refractivity contribution in [3.8, 4) is 0 Å². The molecular formula is C11H14ClFIN. The second-order valence-electron chi connectivity index (χ2n) is 3.43. The maximum atomic E-state index is 13.4. The van der Waals surface area contributed by atoms with Crippen LogP contribution in [0, 0.1) is 9.39 Å². The minimum Gasteiger partial charge on any atom is -0.324 e. The topological polar surface area (TPSA) is 26.0 Å². The average Bonchev–Trinajstić information content (AvgIpc) is 2.08. The molecule has 15 heavy (non-hydrogen) atoms. The summed E-state index contributed by atoms with van der Waals surface area (Å²) in [7, 11) is 0. The molecule has 0 aliphatic rings. The molecule has 4 heteroatoms. The third-order valence-corrected chi connectivity index (χ3v) is 2.60. The van der Waals surface area contributed by atoms with Gasteiger partial charge in [0.15, 0.2) is 0 Å². The molecule has 0 saturated carbocycles. The first-order valence-corrected chi connectivity index (χ1v) is 5.43. The van der Waals surface area contributed by atoms with E-state index in [0.29, 0.717) is 12.0 Å². The molecule has 84 valence electrons. The van der Waals surface area contributed by atoms with Gasteiger partial charge in [-0.25, -0.2) is 4.39 Å². The Morgan fingerprint density at radius 2 is 2.20 bits per heavy atom. The van der Waals surface area contributed by atoms with Crippen LogP contribution in [0.25, 0.3) is 0 Å². The Hall–Kier alpha value is -0.130. The molecule has 0 radical (unpaired) electrons. The summed E-state index contributed by atoms with van der Waals surface area (Å²) in [5.41, 5.74) is 7.40. The Morgan fingerprint density at radius 1 is 1.60 bits per heavy atom. The van der Waals surface area contributed by atoms with Crippen molar-refractivity contribution < 1.29 is 4.39 Å². The van der Waals surface area contributed by atoms with Gasteiger partial charge in [0.2, 0.25) is 0 Å². The van der Waals surface area contributed by atoms with Crippen LogP contribution in [0.4, 0.5) is 4.39 Å². The van der Waals surface area contributed by atoms with Crippen molar-refractivity contribution >= 4 is 35.0 Å². The summed E-state index contributed by atoms with van der Waals surface area (Å²) < 4.78 is 14.4. The van der Waals surface area contributed by atoms with Crippen LogP contribution in [0.5, 0.6) is 0 Å². The highest BCUT2D eigenvalue weighted by Crippen LogP contribution is 2.22. The van der Waals surface area contributed by atoms with Gasteiger partial charge in [-0.05, 0) is 54.1 Å². The SMILES string of the molecule is C=C(C)C[C@H](N)c1cc(I)ccc1F.Cl. The molecule has 1 rings (SSSR count). The zero-order chi connectivity index (χ0) is 10.7. The molecule has 2 N–H and O–H groups in total. The van der Waals surface area contributed by atoms with Crippen molar-refractivity contribution in [1.82, 2.24) is 0 Å². The predicted molar refractivity (Wildman–Crippen MR) is 72.7 cm³/mol. The van der Waals surface area contributed by atoms with Crippen LogP contribution in [0.3, 0.4) is 0 Å². The van der Waals surface area contributed by atoms with Gasteiger partial charge in [0.05, 0.1) is 0 Å². The third kappa shape index (κ3) is 4.49. The first kappa shape index (κ1) is 14.9. The van der Waals surface area contributed by atoms with Gasteiger partial charge in [-0.1, -0.05) is 5.57 Å². The second-order valence-corrected chi connectivity index (χ2v) is 4.68. The van der Waals surface area contributed by atoms with Crippen LogP contribution in [-0.4, -0.2) is 0 Å². The van der Waals surface area contributed by atoms with Crippen molar-refractivity contribution in [2.75, 3.05) is 0 Å². The largest absolute Gasteiger partial charge is 0.324 e. The van der Waals surface area contributed by atoms with Crippen molar-refractivity contribution in [3.05, 3.63) is 45.3 Å². The second kappa shape index (κ2) is 6.45. The summed E-state index contributed by atoms with van der Waals surface area (Å²) in [6.45, 7) is 5.66. The van der Waals surface area contributed by atoms with Crippen molar-refractivity contribution in [2.45, 2.75) is 19.4 Å². The van der Waals surface area contributed by atoms with Crippen molar-refractivity contribution in [1.29, 1.82) is 0 Å². The lowest BCUT2D eigenvalue weighted by Gasteiger charge is -2.13. The highest BCUT2D eigenvalue weighted by Gasteiger charge is 2.11. The van der Waals surface area contributed by atoms with E-state index in [4.69, 9.17) is 5.73 Å². The van der Waals surface area contributed by atoms with Crippen LogP contribution >= 0.6 is 35.0 Å². The van der Waals surface area contributed by atoms with Gasteiger partial charge in [0, 0.05) is 15.2 Å². The summed E-state index contributed by atoms with van der Waals surface area (Å²) in [6, 6.07) is 4.67. The standard InChI is InChI=1S/C11H13FIN.ClH/c1-7(2)5-11(14)9-6-8(13)3-4-10(9)12;/h3-4,6,11H,1,5,14H2,2H3;1H/t11-;/m0./s1. The van der Waals surface area contributed by atoms with Gasteiger partial charge >= 0.3 is 0 Å². The van der Waals surface area contributed by atoms with E-state index < -0.39 is 0 Å². The number of halogens is 3. The quantitative estimate of drug-likeness (QED) is 0.656. The number of benzene rings is 1. The first-order chi connectivity index (χ1) is 6.50. The Morgan fingerprint density at radius 3 is 2.73 bits per heavy atom. The van der Waals surface area contributed by atoms with E-state index >= 15 is 0 Å². The molecule has 0 amide bonds. The lowest BCUT2D eigenvalue weighted by Crippen LogP contribution is -2.12. The monoisotopic (exact) mass is 341 g/mol. The maximum Gasteiger partial charge on any atom is 0.128 e. The summed E-state index contributed by atoms with van der Waals surface area (Å²) >= 11 is 2.14. The average molecular weight is 342 g/mol. The smallest absolute Gasteiger partial charge is 0.128 e. The van der Waals surface area contributed by atoms with Crippen LogP contribution in [0.15, 0.2) is 30.4 Å². The molecule has 0 saturated heterocycles. The molecule has 0 bridgehead atoms. The minimum atomic E-state index is -0.290. The molecular weight excluding hydrogens is 327 g/mol. The van der Waals surface area contributed by atoms with E-state index in [2.05, 4.69) is 29.2 Å². The number of nitrogens with two attached hydrogens (primary N) is 1. The molecule has 0 heterocycles. The van der Waals surface area contributed by atoms with Crippen LogP contribution in [-0.2, 0) is 0 Å². The van der Waals surface area contributed by atoms with Gasteiger partial charge in [-0.3, -0.25) is 0 Å². The third-order valence-electron chi connectivity index (χ3n) is 1.93. The maximum absolute atomic E-state index is 13.4. The lowest BCUT2D eigenvalue weighted by molar-refractivity contribution is 0.579. The van der Waals surface area contributed by atoms with Gasteiger partial charge in [0.1, 0.15) is 5.82 Å². The fourth-order valence-electron chi connectivity index (χ4n) is 1.28. The van der Waals surface area contributed by atoms with Crippen LogP contribution < -0.4 is 5.73 Å². The first-order valence-electron chi connectivity index (χ1n) is 4.35. The molecule has 0 fully saturated rings. The molecule has 0 aromatic heterocycles. The molecule has 1 nitrogen and oxygen atoms in total. The van der Waals surface area contributed by atoms with Crippen LogP contribution in [0.1, 0.15) is 24.9 Å². The zero-order valence-electron chi connectivity index (χ0n) is 8.47. The van der Waals surface area contributed by atoms with Gasteiger partial charge < -0.3 is 5.73 Å². The Bertz CT molecular complexity index is 354. The van der Waals surface area contributed by atoms with Crippen molar-refractivity contribution in [2.24, 2.45) is 5.73 Å². The van der Waals surface area contributed by atoms with Gasteiger partial charge in [-0.2, -0.15) is 0 Å². The van der Waals surface area contributed by atoms with E-state index in [-0.39, 0.29) is 24.3 Å². The summed E-state index contributed by atoms with van der Waals surface area (Å²) in [4.78, 5) is 0. The highest BCUT2D eigenvalue weighted by molar-refractivity contribution is 14.1. The molecule has 0 unspecified atom stereocenters. The molecule has 0 aliphatic heterocycles. The lowest BCUT2D eigenvalue weighted by atomic mass is 10.0. The molecule has 1 aromatic carbocycles. The highest BCUT2D eigenvalue weighted by atomic mass is 127.